The van der Waals surface area contributed by atoms with Gasteiger partial charge in [-0.15, -0.1) is 0 Å². The lowest BCUT2D eigenvalue weighted by Gasteiger charge is -2.08. The largest absolute Gasteiger partial charge is 0.348 e. The molecule has 0 aromatic heterocycles. The number of carbonyl (C=O) groups is 1. The zero-order chi connectivity index (χ0) is 13.8. The molecule has 0 unspecified atom stereocenters. The summed E-state index contributed by atoms with van der Waals surface area (Å²) in [4.78, 5) is 12.0. The monoisotopic (exact) mass is 321 g/mol. The van der Waals surface area contributed by atoms with E-state index in [4.69, 9.17) is 0 Å². The molecule has 2 nitrogen and oxygen atoms in total. The molecule has 0 radical (unpaired) electrons. The fourth-order valence-electron chi connectivity index (χ4n) is 1.72. The second kappa shape index (κ2) is 5.97. The molecule has 0 bridgehead atoms. The molecular formula is C15H13BrFNO. The minimum atomic E-state index is -0.403. The van der Waals surface area contributed by atoms with E-state index in [1.807, 2.05) is 24.3 Å². The van der Waals surface area contributed by atoms with E-state index in [9.17, 15) is 9.18 Å². The van der Waals surface area contributed by atoms with Crippen molar-refractivity contribution < 1.29 is 9.18 Å². The molecule has 0 saturated heterocycles. The Hall–Kier alpha value is -1.68. The predicted molar refractivity (Wildman–Crippen MR) is 76.4 cm³/mol. The minimum Gasteiger partial charge on any atom is -0.348 e. The molecule has 2 rings (SSSR count). The summed E-state index contributed by atoms with van der Waals surface area (Å²) in [6.45, 7) is 2.20. The van der Waals surface area contributed by atoms with Crippen molar-refractivity contribution >= 4 is 21.8 Å². The van der Waals surface area contributed by atoms with Gasteiger partial charge in [0.25, 0.3) is 5.91 Å². The zero-order valence-electron chi connectivity index (χ0n) is 10.4. The quantitative estimate of drug-likeness (QED) is 0.914. The summed E-state index contributed by atoms with van der Waals surface area (Å²) in [5, 5.41) is 2.78. The van der Waals surface area contributed by atoms with Gasteiger partial charge in [0, 0.05) is 16.6 Å². The number of halogens is 2. The first-order chi connectivity index (χ1) is 9.06. The number of carbonyl (C=O) groups excluding carboxylic acids is 1. The molecule has 0 aliphatic heterocycles. The van der Waals surface area contributed by atoms with E-state index >= 15 is 0 Å². The Labute approximate surface area is 119 Å². The molecular weight excluding hydrogens is 309 g/mol. The van der Waals surface area contributed by atoms with Crippen LogP contribution in [0.3, 0.4) is 0 Å². The molecule has 0 aliphatic rings. The third-order valence-electron chi connectivity index (χ3n) is 2.81. The number of hydrogen-bond acceptors (Lipinski definition) is 1. The molecule has 2 aromatic carbocycles. The van der Waals surface area contributed by atoms with Crippen LogP contribution in [0.15, 0.2) is 46.9 Å². The van der Waals surface area contributed by atoms with Crippen molar-refractivity contribution in [1.29, 1.82) is 0 Å². The van der Waals surface area contributed by atoms with E-state index in [1.165, 1.54) is 12.1 Å². The highest BCUT2D eigenvalue weighted by Gasteiger charge is 2.09. The molecule has 0 spiro atoms. The Balaban J connectivity index is 2.05. The molecule has 0 saturated carbocycles. The Bertz CT molecular complexity index is 596. The van der Waals surface area contributed by atoms with Crippen LogP contribution < -0.4 is 5.32 Å². The highest BCUT2D eigenvalue weighted by molar-refractivity contribution is 9.10. The maximum Gasteiger partial charge on any atom is 0.251 e. The zero-order valence-corrected chi connectivity index (χ0v) is 12.0. The summed E-state index contributed by atoms with van der Waals surface area (Å²) in [5.74, 6) is -0.667. The van der Waals surface area contributed by atoms with E-state index in [1.54, 1.807) is 13.0 Å². The van der Waals surface area contributed by atoms with Crippen molar-refractivity contribution in [3.05, 3.63) is 69.4 Å². The molecule has 4 heteroatoms. The summed E-state index contributed by atoms with van der Waals surface area (Å²) in [7, 11) is 0. The molecule has 0 heterocycles. The Morgan fingerprint density at radius 3 is 2.58 bits per heavy atom. The van der Waals surface area contributed by atoms with Crippen LogP contribution in [0.4, 0.5) is 4.39 Å². The van der Waals surface area contributed by atoms with Gasteiger partial charge in [-0.3, -0.25) is 4.79 Å². The highest BCUT2D eigenvalue weighted by Crippen LogP contribution is 2.12. The maximum absolute atomic E-state index is 13.1. The van der Waals surface area contributed by atoms with Crippen LogP contribution in [-0.4, -0.2) is 5.91 Å². The summed E-state index contributed by atoms with van der Waals surface area (Å²) >= 11 is 3.35. The van der Waals surface area contributed by atoms with Crippen LogP contribution in [0.1, 0.15) is 21.5 Å². The first-order valence-corrected chi connectivity index (χ1v) is 6.64. The molecule has 0 aliphatic carbocycles. The van der Waals surface area contributed by atoms with Crippen molar-refractivity contribution in [2.75, 3.05) is 0 Å². The number of nitrogens with one attached hydrogen (secondary N) is 1. The van der Waals surface area contributed by atoms with Crippen molar-refractivity contribution in [3.8, 4) is 0 Å². The molecule has 19 heavy (non-hydrogen) atoms. The second-order valence-corrected chi connectivity index (χ2v) is 5.18. The van der Waals surface area contributed by atoms with Gasteiger partial charge >= 0.3 is 0 Å². The van der Waals surface area contributed by atoms with E-state index in [2.05, 4.69) is 21.2 Å². The van der Waals surface area contributed by atoms with E-state index in [0.29, 0.717) is 12.1 Å². The van der Waals surface area contributed by atoms with Gasteiger partial charge < -0.3 is 5.32 Å². The van der Waals surface area contributed by atoms with Gasteiger partial charge in [-0.05, 0) is 42.3 Å². The molecule has 1 amide bonds. The first-order valence-electron chi connectivity index (χ1n) is 5.85. The van der Waals surface area contributed by atoms with E-state index in [-0.39, 0.29) is 5.91 Å². The fraction of sp³-hybridized carbons (Fsp3) is 0.133. The standard InChI is InChI=1S/C15H13BrFNO/c1-10-2-7-13(17)8-14(10)15(19)18-9-11-3-5-12(16)6-4-11/h2-8H,9H2,1H3,(H,18,19). The minimum absolute atomic E-state index is 0.264. The van der Waals surface area contributed by atoms with Gasteiger partial charge in [0.15, 0.2) is 0 Å². The van der Waals surface area contributed by atoms with Crippen LogP contribution in [-0.2, 0) is 6.54 Å². The summed E-state index contributed by atoms with van der Waals surface area (Å²) in [5.41, 5.74) is 2.12. The Morgan fingerprint density at radius 2 is 1.89 bits per heavy atom. The number of benzene rings is 2. The number of rotatable bonds is 3. The lowest BCUT2D eigenvalue weighted by molar-refractivity contribution is 0.0950. The lowest BCUT2D eigenvalue weighted by atomic mass is 10.1. The van der Waals surface area contributed by atoms with Crippen molar-refractivity contribution in [3.63, 3.8) is 0 Å². The van der Waals surface area contributed by atoms with Crippen molar-refractivity contribution in [2.45, 2.75) is 13.5 Å². The molecule has 1 N–H and O–H groups in total. The summed E-state index contributed by atoms with van der Waals surface area (Å²) < 4.78 is 14.1. The summed E-state index contributed by atoms with van der Waals surface area (Å²) in [6, 6.07) is 11.9. The van der Waals surface area contributed by atoms with E-state index < -0.39 is 5.82 Å². The van der Waals surface area contributed by atoms with Crippen LogP contribution >= 0.6 is 15.9 Å². The van der Waals surface area contributed by atoms with Crippen LogP contribution in [0.2, 0.25) is 0 Å². The summed E-state index contributed by atoms with van der Waals surface area (Å²) in [6.07, 6.45) is 0. The van der Waals surface area contributed by atoms with Gasteiger partial charge in [-0.25, -0.2) is 4.39 Å². The normalized spacial score (nSPS) is 10.3. The van der Waals surface area contributed by atoms with Gasteiger partial charge in [0.05, 0.1) is 0 Å². The van der Waals surface area contributed by atoms with E-state index in [0.717, 1.165) is 15.6 Å². The topological polar surface area (TPSA) is 29.1 Å². The Morgan fingerprint density at radius 1 is 1.21 bits per heavy atom. The smallest absolute Gasteiger partial charge is 0.251 e. The van der Waals surface area contributed by atoms with Gasteiger partial charge in [0.2, 0.25) is 0 Å². The average Bonchev–Trinajstić information content (AvgIpc) is 2.40. The third-order valence-corrected chi connectivity index (χ3v) is 3.34. The van der Waals surface area contributed by atoms with Crippen molar-refractivity contribution in [2.24, 2.45) is 0 Å². The number of aryl methyl sites for hydroxylation is 1. The Kier molecular flexibility index (Phi) is 4.32. The van der Waals surface area contributed by atoms with Crippen molar-refractivity contribution in [1.82, 2.24) is 5.32 Å². The SMILES string of the molecule is Cc1ccc(F)cc1C(=O)NCc1ccc(Br)cc1. The van der Waals surface area contributed by atoms with Crippen LogP contribution in [0.25, 0.3) is 0 Å². The lowest BCUT2D eigenvalue weighted by Crippen LogP contribution is -2.23. The predicted octanol–water partition coefficient (Wildman–Crippen LogP) is 3.83. The molecule has 0 fully saturated rings. The molecule has 2 aromatic rings. The number of hydrogen-bond donors (Lipinski definition) is 1. The average molecular weight is 322 g/mol. The molecule has 0 atom stereocenters. The van der Waals surface area contributed by atoms with Gasteiger partial charge in [-0.2, -0.15) is 0 Å². The molecule has 98 valence electrons. The maximum atomic E-state index is 13.1. The highest BCUT2D eigenvalue weighted by atomic mass is 79.9. The van der Waals surface area contributed by atoms with Gasteiger partial charge in [0.1, 0.15) is 5.82 Å². The van der Waals surface area contributed by atoms with Crippen LogP contribution in [0, 0.1) is 12.7 Å². The first kappa shape index (κ1) is 13.7. The van der Waals surface area contributed by atoms with Gasteiger partial charge in [-0.1, -0.05) is 34.1 Å². The van der Waals surface area contributed by atoms with Crippen LogP contribution in [0.5, 0.6) is 0 Å². The second-order valence-electron chi connectivity index (χ2n) is 4.27. The fourth-order valence-corrected chi connectivity index (χ4v) is 1.98. The third kappa shape index (κ3) is 3.64. The number of amides is 1.